The number of aromatic nitrogens is 4. The predicted molar refractivity (Wildman–Crippen MR) is 125 cm³/mol. The van der Waals surface area contributed by atoms with Gasteiger partial charge in [0, 0.05) is 23.9 Å². The van der Waals surface area contributed by atoms with Gasteiger partial charge in [0.15, 0.2) is 5.82 Å². The molecule has 182 valence electrons. The summed E-state index contributed by atoms with van der Waals surface area (Å²) in [5, 5.41) is 0. The van der Waals surface area contributed by atoms with E-state index in [4.69, 9.17) is 9.47 Å². The molecule has 0 spiro atoms. The number of aliphatic imine (C=N–C) groups is 1. The third-order valence-electron chi connectivity index (χ3n) is 5.54. The van der Waals surface area contributed by atoms with Gasteiger partial charge in [0.1, 0.15) is 24.2 Å². The number of hydrogen-bond acceptors (Lipinski definition) is 7. The van der Waals surface area contributed by atoms with Crippen molar-refractivity contribution >= 4 is 6.21 Å². The van der Waals surface area contributed by atoms with E-state index in [0.717, 1.165) is 41.4 Å². The number of allylic oxidation sites excluding steroid dienone is 1. The normalized spacial score (nSPS) is 13.8. The zero-order chi connectivity index (χ0) is 25.2. The molecule has 3 aromatic rings. The molecule has 1 aliphatic rings. The molecule has 0 unspecified atom stereocenters. The van der Waals surface area contributed by atoms with Crippen LogP contribution in [0.2, 0.25) is 0 Å². The summed E-state index contributed by atoms with van der Waals surface area (Å²) >= 11 is 0. The fourth-order valence-electron chi connectivity index (χ4n) is 3.45. The molecule has 1 aromatic carbocycles. The van der Waals surface area contributed by atoms with Crippen molar-refractivity contribution in [2.24, 2.45) is 4.99 Å². The molecule has 35 heavy (non-hydrogen) atoms. The van der Waals surface area contributed by atoms with Crippen LogP contribution in [0.15, 0.2) is 48.0 Å². The maximum atomic E-state index is 12.6. The minimum Gasteiger partial charge on any atom is -0.480 e. The van der Waals surface area contributed by atoms with Gasteiger partial charge in [-0.15, -0.1) is 0 Å². The zero-order valence-corrected chi connectivity index (χ0v) is 19.6. The fourth-order valence-corrected chi connectivity index (χ4v) is 3.45. The first-order valence-corrected chi connectivity index (χ1v) is 10.9. The molecule has 1 saturated carbocycles. The SMILES string of the molecule is C=C(N=Cc1ccc(COc2nc(-c3c(OC)ncnc3C3CC3)ncc2C)cc1C)C(F)(F)F. The van der Waals surface area contributed by atoms with Crippen molar-refractivity contribution in [3.8, 4) is 23.1 Å². The highest BCUT2D eigenvalue weighted by Gasteiger charge is 2.32. The van der Waals surface area contributed by atoms with Crippen LogP contribution < -0.4 is 9.47 Å². The van der Waals surface area contributed by atoms with Gasteiger partial charge in [-0.3, -0.25) is 4.99 Å². The molecule has 0 bridgehead atoms. The highest BCUT2D eigenvalue weighted by Crippen LogP contribution is 2.45. The average Bonchev–Trinajstić information content (AvgIpc) is 3.67. The van der Waals surface area contributed by atoms with Crippen molar-refractivity contribution in [2.45, 2.75) is 45.4 Å². The van der Waals surface area contributed by atoms with E-state index in [1.165, 1.54) is 6.33 Å². The van der Waals surface area contributed by atoms with Crippen LogP contribution in [0.5, 0.6) is 11.8 Å². The van der Waals surface area contributed by atoms with Gasteiger partial charge >= 0.3 is 6.18 Å². The summed E-state index contributed by atoms with van der Waals surface area (Å²) < 4.78 is 49.2. The third-order valence-corrected chi connectivity index (χ3v) is 5.54. The van der Waals surface area contributed by atoms with Crippen LogP contribution in [-0.4, -0.2) is 39.4 Å². The Balaban J connectivity index is 1.53. The Morgan fingerprint density at radius 1 is 1.14 bits per heavy atom. The lowest BCUT2D eigenvalue weighted by Gasteiger charge is -2.13. The number of nitrogens with zero attached hydrogens (tertiary/aromatic N) is 5. The molecular weight excluding hydrogens is 459 g/mol. The topological polar surface area (TPSA) is 82.4 Å². The molecule has 0 aliphatic heterocycles. The standard InChI is InChI=1S/C25H24F3N5O2/c1-14-9-17(5-6-19(14)11-29-16(3)25(26,27)28)12-35-23-15(2)10-30-22(33-23)20-21(18-7-8-18)31-13-32-24(20)34-4/h5-6,9-11,13,18H,3,7-8,12H2,1-2,4H3. The van der Waals surface area contributed by atoms with Crippen molar-refractivity contribution in [1.82, 2.24) is 19.9 Å². The first-order valence-electron chi connectivity index (χ1n) is 10.9. The van der Waals surface area contributed by atoms with Gasteiger partial charge in [-0.1, -0.05) is 24.8 Å². The second kappa shape index (κ2) is 9.81. The Hall–Kier alpha value is -3.82. The van der Waals surface area contributed by atoms with Crippen LogP contribution in [0.4, 0.5) is 13.2 Å². The minimum atomic E-state index is -4.55. The molecule has 4 rings (SSSR count). The molecular formula is C25H24F3N5O2. The molecule has 0 amide bonds. The van der Waals surface area contributed by atoms with Crippen LogP contribution >= 0.6 is 0 Å². The summed E-state index contributed by atoms with van der Waals surface area (Å²) in [7, 11) is 1.55. The van der Waals surface area contributed by atoms with Crippen LogP contribution in [0.25, 0.3) is 11.4 Å². The summed E-state index contributed by atoms with van der Waals surface area (Å²) in [6, 6.07) is 5.28. The Morgan fingerprint density at radius 3 is 2.57 bits per heavy atom. The molecule has 2 aromatic heterocycles. The lowest BCUT2D eigenvalue weighted by atomic mass is 10.1. The molecule has 10 heteroatoms. The van der Waals surface area contributed by atoms with E-state index in [9.17, 15) is 13.2 Å². The summed E-state index contributed by atoms with van der Waals surface area (Å²) in [6.45, 7) is 6.79. The second-order valence-corrected chi connectivity index (χ2v) is 8.28. The number of benzene rings is 1. The number of halogens is 3. The van der Waals surface area contributed by atoms with Crippen molar-refractivity contribution in [3.05, 3.63) is 70.9 Å². The Labute approximate surface area is 200 Å². The van der Waals surface area contributed by atoms with E-state index in [-0.39, 0.29) is 6.61 Å². The quantitative estimate of drug-likeness (QED) is 0.393. The van der Waals surface area contributed by atoms with Crippen LogP contribution in [0, 0.1) is 13.8 Å². The summed E-state index contributed by atoms with van der Waals surface area (Å²) in [4.78, 5) is 21.2. The van der Waals surface area contributed by atoms with Crippen molar-refractivity contribution < 1.29 is 22.6 Å². The Morgan fingerprint density at radius 2 is 1.91 bits per heavy atom. The predicted octanol–water partition coefficient (Wildman–Crippen LogP) is 5.51. The smallest absolute Gasteiger partial charge is 0.432 e. The Kier molecular flexibility index (Phi) is 6.81. The highest BCUT2D eigenvalue weighted by molar-refractivity contribution is 5.82. The third kappa shape index (κ3) is 5.64. The molecule has 0 saturated heterocycles. The average molecular weight is 483 g/mol. The number of ether oxygens (including phenoxy) is 2. The van der Waals surface area contributed by atoms with E-state index in [1.807, 2.05) is 13.0 Å². The highest BCUT2D eigenvalue weighted by atomic mass is 19.4. The lowest BCUT2D eigenvalue weighted by molar-refractivity contribution is -0.0918. The van der Waals surface area contributed by atoms with E-state index in [1.54, 1.807) is 32.4 Å². The summed E-state index contributed by atoms with van der Waals surface area (Å²) in [5.74, 6) is 1.59. The monoisotopic (exact) mass is 483 g/mol. The van der Waals surface area contributed by atoms with Crippen LogP contribution in [-0.2, 0) is 6.61 Å². The largest absolute Gasteiger partial charge is 0.480 e. The summed E-state index contributed by atoms with van der Waals surface area (Å²) in [5.41, 5.74) is 3.28. The number of rotatable bonds is 8. The number of alkyl halides is 3. The van der Waals surface area contributed by atoms with Gasteiger partial charge < -0.3 is 9.47 Å². The first-order chi connectivity index (χ1) is 16.7. The summed E-state index contributed by atoms with van der Waals surface area (Å²) in [6.07, 6.45) is 1.86. The van der Waals surface area contributed by atoms with Gasteiger partial charge in [0.2, 0.25) is 11.8 Å². The fraction of sp³-hybridized carbons (Fsp3) is 0.320. The van der Waals surface area contributed by atoms with Crippen molar-refractivity contribution in [3.63, 3.8) is 0 Å². The van der Waals surface area contributed by atoms with Gasteiger partial charge in [0.05, 0.1) is 12.8 Å². The van der Waals surface area contributed by atoms with E-state index < -0.39 is 11.9 Å². The lowest BCUT2D eigenvalue weighted by Crippen LogP contribution is -2.09. The van der Waals surface area contributed by atoms with Crippen LogP contribution in [0.1, 0.15) is 46.7 Å². The Bertz CT molecular complexity index is 1290. The van der Waals surface area contributed by atoms with Gasteiger partial charge in [-0.05, 0) is 43.4 Å². The van der Waals surface area contributed by atoms with E-state index in [0.29, 0.717) is 34.6 Å². The van der Waals surface area contributed by atoms with Gasteiger partial charge in [-0.2, -0.15) is 18.2 Å². The molecule has 2 heterocycles. The number of aryl methyl sites for hydroxylation is 2. The van der Waals surface area contributed by atoms with Crippen molar-refractivity contribution in [2.75, 3.05) is 7.11 Å². The molecule has 0 N–H and O–H groups in total. The number of methoxy groups -OCH3 is 1. The molecule has 7 nitrogen and oxygen atoms in total. The minimum absolute atomic E-state index is 0.211. The van der Waals surface area contributed by atoms with Gasteiger partial charge in [-0.25, -0.2) is 15.0 Å². The van der Waals surface area contributed by atoms with E-state index in [2.05, 4.69) is 31.5 Å². The maximum absolute atomic E-state index is 12.6. The first kappa shape index (κ1) is 24.3. The van der Waals surface area contributed by atoms with Crippen molar-refractivity contribution in [1.29, 1.82) is 0 Å². The van der Waals surface area contributed by atoms with E-state index >= 15 is 0 Å². The van der Waals surface area contributed by atoms with Gasteiger partial charge in [0.25, 0.3) is 0 Å². The molecule has 1 aliphatic carbocycles. The second-order valence-electron chi connectivity index (χ2n) is 8.28. The number of hydrogen-bond donors (Lipinski definition) is 0. The maximum Gasteiger partial charge on any atom is 0.432 e. The zero-order valence-electron chi connectivity index (χ0n) is 19.6. The molecule has 1 fully saturated rings. The molecule has 0 atom stereocenters. The molecule has 0 radical (unpaired) electrons. The van der Waals surface area contributed by atoms with Crippen LogP contribution in [0.3, 0.4) is 0 Å².